The van der Waals surface area contributed by atoms with E-state index < -0.39 is 0 Å². The van der Waals surface area contributed by atoms with Crippen LogP contribution in [0.4, 0.5) is 5.69 Å². The van der Waals surface area contributed by atoms with E-state index in [4.69, 9.17) is 5.73 Å². The molecule has 1 aliphatic rings. The standard InChI is InChI=1S/C17H18N2O/c1-12(13-5-3-2-4-6-13)19-10-9-14-11-15(17(18)20)7-8-16(14)19/h2-8,11-12H,9-10H2,1H3,(H2,18,20)/t12-/m0/s1. The second kappa shape index (κ2) is 5.00. The Balaban J connectivity index is 1.91. The van der Waals surface area contributed by atoms with Gasteiger partial charge in [-0.15, -0.1) is 0 Å². The molecule has 0 bridgehead atoms. The van der Waals surface area contributed by atoms with Crippen molar-refractivity contribution in [1.82, 2.24) is 0 Å². The number of hydrogen-bond acceptors (Lipinski definition) is 2. The van der Waals surface area contributed by atoms with Gasteiger partial charge in [0.1, 0.15) is 0 Å². The van der Waals surface area contributed by atoms with Gasteiger partial charge in [0.25, 0.3) is 0 Å². The summed E-state index contributed by atoms with van der Waals surface area (Å²) in [5, 5.41) is 0. The molecule has 2 aromatic rings. The van der Waals surface area contributed by atoms with E-state index in [-0.39, 0.29) is 5.91 Å². The predicted molar refractivity (Wildman–Crippen MR) is 80.9 cm³/mol. The zero-order chi connectivity index (χ0) is 14.1. The molecule has 0 aliphatic carbocycles. The van der Waals surface area contributed by atoms with Crippen LogP contribution in [-0.4, -0.2) is 12.5 Å². The molecule has 3 rings (SSSR count). The van der Waals surface area contributed by atoms with Crippen molar-refractivity contribution >= 4 is 11.6 Å². The van der Waals surface area contributed by atoms with Gasteiger partial charge < -0.3 is 10.6 Å². The fraction of sp³-hybridized carbons (Fsp3) is 0.235. The minimum Gasteiger partial charge on any atom is -0.366 e. The number of nitrogens with two attached hydrogens (primary N) is 1. The number of carbonyl (C=O) groups excluding carboxylic acids is 1. The van der Waals surface area contributed by atoms with Gasteiger partial charge in [-0.3, -0.25) is 4.79 Å². The van der Waals surface area contributed by atoms with Gasteiger partial charge in [0, 0.05) is 17.8 Å². The quantitative estimate of drug-likeness (QED) is 0.928. The first-order valence-corrected chi connectivity index (χ1v) is 6.91. The van der Waals surface area contributed by atoms with Crippen LogP contribution < -0.4 is 10.6 Å². The third-order valence-corrected chi connectivity index (χ3v) is 4.04. The maximum Gasteiger partial charge on any atom is 0.248 e. The van der Waals surface area contributed by atoms with E-state index in [9.17, 15) is 4.79 Å². The molecule has 0 saturated heterocycles. The first-order chi connectivity index (χ1) is 9.66. The lowest BCUT2D eigenvalue weighted by atomic mass is 10.1. The SMILES string of the molecule is C[C@@H](c1ccccc1)N1CCc2cc(C(N)=O)ccc21. The molecule has 0 unspecified atom stereocenters. The topological polar surface area (TPSA) is 46.3 Å². The number of nitrogens with zero attached hydrogens (tertiary/aromatic N) is 1. The molecule has 3 nitrogen and oxygen atoms in total. The van der Waals surface area contributed by atoms with Gasteiger partial charge in [-0.2, -0.15) is 0 Å². The summed E-state index contributed by atoms with van der Waals surface area (Å²) in [6.45, 7) is 3.19. The summed E-state index contributed by atoms with van der Waals surface area (Å²) in [7, 11) is 0. The Labute approximate surface area is 119 Å². The molecular weight excluding hydrogens is 248 g/mol. The summed E-state index contributed by atoms with van der Waals surface area (Å²) in [5.41, 5.74) is 9.67. The van der Waals surface area contributed by atoms with Crippen molar-refractivity contribution < 1.29 is 4.79 Å². The molecule has 3 heteroatoms. The van der Waals surface area contributed by atoms with Crippen molar-refractivity contribution in [3.8, 4) is 0 Å². The summed E-state index contributed by atoms with van der Waals surface area (Å²) >= 11 is 0. The number of rotatable bonds is 3. The summed E-state index contributed by atoms with van der Waals surface area (Å²) in [5.74, 6) is -0.359. The van der Waals surface area contributed by atoms with Crippen LogP contribution in [0.3, 0.4) is 0 Å². The summed E-state index contributed by atoms with van der Waals surface area (Å²) < 4.78 is 0. The first-order valence-electron chi connectivity index (χ1n) is 6.91. The Morgan fingerprint density at radius 1 is 1.20 bits per heavy atom. The van der Waals surface area contributed by atoms with Gasteiger partial charge in [0.15, 0.2) is 0 Å². The molecule has 1 amide bonds. The number of fused-ring (bicyclic) bond motifs is 1. The Morgan fingerprint density at radius 2 is 1.95 bits per heavy atom. The van der Waals surface area contributed by atoms with Crippen LogP contribution in [0.25, 0.3) is 0 Å². The number of carbonyl (C=O) groups is 1. The van der Waals surface area contributed by atoms with Crippen LogP contribution in [0.5, 0.6) is 0 Å². The molecule has 2 aromatic carbocycles. The number of primary amides is 1. The van der Waals surface area contributed by atoms with Gasteiger partial charge in [-0.25, -0.2) is 0 Å². The van der Waals surface area contributed by atoms with Crippen molar-refractivity contribution in [1.29, 1.82) is 0 Å². The van der Waals surface area contributed by atoms with Crippen molar-refractivity contribution in [2.45, 2.75) is 19.4 Å². The zero-order valence-corrected chi connectivity index (χ0v) is 11.5. The lowest BCUT2D eigenvalue weighted by Gasteiger charge is -2.27. The monoisotopic (exact) mass is 266 g/mol. The maximum absolute atomic E-state index is 11.2. The van der Waals surface area contributed by atoms with Crippen LogP contribution in [0.15, 0.2) is 48.5 Å². The Kier molecular flexibility index (Phi) is 3.18. The van der Waals surface area contributed by atoms with Gasteiger partial charge in [0.05, 0.1) is 6.04 Å². The Morgan fingerprint density at radius 3 is 2.65 bits per heavy atom. The summed E-state index contributed by atoms with van der Waals surface area (Å²) in [4.78, 5) is 13.6. The van der Waals surface area contributed by atoms with E-state index in [1.807, 2.05) is 24.3 Å². The molecule has 0 saturated carbocycles. The van der Waals surface area contributed by atoms with Gasteiger partial charge in [0.2, 0.25) is 5.91 Å². The van der Waals surface area contributed by atoms with E-state index >= 15 is 0 Å². The van der Waals surface area contributed by atoms with Crippen LogP contribution in [-0.2, 0) is 6.42 Å². The number of anilines is 1. The highest BCUT2D eigenvalue weighted by Gasteiger charge is 2.24. The molecule has 0 spiro atoms. The third kappa shape index (κ3) is 2.16. The van der Waals surface area contributed by atoms with Crippen molar-refractivity contribution in [3.05, 3.63) is 65.2 Å². The van der Waals surface area contributed by atoms with Crippen molar-refractivity contribution in [2.24, 2.45) is 5.73 Å². The minimum atomic E-state index is -0.359. The van der Waals surface area contributed by atoms with Gasteiger partial charge in [-0.05, 0) is 42.7 Å². The highest BCUT2D eigenvalue weighted by molar-refractivity contribution is 5.93. The van der Waals surface area contributed by atoms with Crippen molar-refractivity contribution in [2.75, 3.05) is 11.4 Å². The molecule has 0 aromatic heterocycles. The maximum atomic E-state index is 11.2. The van der Waals surface area contributed by atoms with Crippen LogP contribution in [0, 0.1) is 0 Å². The zero-order valence-electron chi connectivity index (χ0n) is 11.5. The molecule has 20 heavy (non-hydrogen) atoms. The third-order valence-electron chi connectivity index (χ3n) is 4.04. The number of amides is 1. The molecule has 0 radical (unpaired) electrons. The van der Waals surface area contributed by atoms with E-state index in [1.54, 1.807) is 0 Å². The van der Waals surface area contributed by atoms with Gasteiger partial charge in [-0.1, -0.05) is 30.3 Å². The fourth-order valence-corrected chi connectivity index (χ4v) is 2.89. The smallest absolute Gasteiger partial charge is 0.248 e. The number of benzene rings is 2. The van der Waals surface area contributed by atoms with E-state index in [1.165, 1.54) is 16.8 Å². The Hall–Kier alpha value is -2.29. The molecule has 1 heterocycles. The minimum absolute atomic E-state index is 0.330. The normalized spacial score (nSPS) is 14.9. The van der Waals surface area contributed by atoms with E-state index in [0.717, 1.165) is 13.0 Å². The second-order valence-corrected chi connectivity index (χ2v) is 5.24. The fourth-order valence-electron chi connectivity index (χ4n) is 2.89. The van der Waals surface area contributed by atoms with Crippen LogP contribution in [0.1, 0.15) is 34.5 Å². The summed E-state index contributed by atoms with van der Waals surface area (Å²) in [6.07, 6.45) is 0.966. The molecule has 0 fully saturated rings. The summed E-state index contributed by atoms with van der Waals surface area (Å²) in [6, 6.07) is 16.6. The molecular formula is C17H18N2O. The molecule has 2 N–H and O–H groups in total. The highest BCUT2D eigenvalue weighted by atomic mass is 16.1. The lowest BCUT2D eigenvalue weighted by Crippen LogP contribution is -2.24. The average Bonchev–Trinajstić information content (AvgIpc) is 2.90. The number of hydrogen-bond donors (Lipinski definition) is 1. The van der Waals surface area contributed by atoms with Crippen LogP contribution in [0.2, 0.25) is 0 Å². The predicted octanol–water partition coefficient (Wildman–Crippen LogP) is 2.91. The first kappa shape index (κ1) is 12.7. The van der Waals surface area contributed by atoms with E-state index in [0.29, 0.717) is 11.6 Å². The second-order valence-electron chi connectivity index (χ2n) is 5.24. The van der Waals surface area contributed by atoms with E-state index in [2.05, 4.69) is 36.1 Å². The lowest BCUT2D eigenvalue weighted by molar-refractivity contribution is 0.1000. The average molecular weight is 266 g/mol. The molecule has 102 valence electrons. The largest absolute Gasteiger partial charge is 0.366 e. The molecule has 1 atom stereocenters. The van der Waals surface area contributed by atoms with Crippen molar-refractivity contribution in [3.63, 3.8) is 0 Å². The Bertz CT molecular complexity index is 637. The molecule has 1 aliphatic heterocycles. The highest BCUT2D eigenvalue weighted by Crippen LogP contribution is 2.35. The van der Waals surface area contributed by atoms with Crippen LogP contribution >= 0.6 is 0 Å². The van der Waals surface area contributed by atoms with Gasteiger partial charge >= 0.3 is 0 Å².